The Labute approximate surface area is 145 Å². The molecule has 7 nitrogen and oxygen atoms in total. The van der Waals surface area contributed by atoms with Gasteiger partial charge in [-0.2, -0.15) is 18.3 Å². The minimum absolute atomic E-state index is 0.123. The van der Waals surface area contributed by atoms with Gasteiger partial charge in [0.15, 0.2) is 0 Å². The third kappa shape index (κ3) is 5.30. The number of benzene rings is 2. The molecule has 0 saturated carbocycles. The van der Waals surface area contributed by atoms with Gasteiger partial charge >= 0.3 is 6.18 Å². The molecule has 2 rings (SSSR count). The Hall–Kier alpha value is -3.43. The van der Waals surface area contributed by atoms with Crippen molar-refractivity contribution in [2.75, 3.05) is 11.9 Å². The monoisotopic (exact) mass is 366 g/mol. The van der Waals surface area contributed by atoms with E-state index in [2.05, 4.69) is 15.8 Å². The Morgan fingerprint density at radius 3 is 2.62 bits per heavy atom. The van der Waals surface area contributed by atoms with Crippen molar-refractivity contribution in [3.63, 3.8) is 0 Å². The van der Waals surface area contributed by atoms with Crippen molar-refractivity contribution >= 4 is 23.5 Å². The van der Waals surface area contributed by atoms with E-state index in [1.807, 2.05) is 0 Å². The fourth-order valence-corrected chi connectivity index (χ4v) is 1.96. The second-order valence-corrected chi connectivity index (χ2v) is 5.04. The van der Waals surface area contributed by atoms with Gasteiger partial charge in [0, 0.05) is 11.8 Å². The van der Waals surface area contributed by atoms with E-state index in [1.165, 1.54) is 30.3 Å². The van der Waals surface area contributed by atoms with Crippen LogP contribution < -0.4 is 10.7 Å². The molecule has 0 spiro atoms. The Bertz CT molecular complexity index is 837. The number of hydrazone groups is 1. The molecule has 0 saturated heterocycles. The highest BCUT2D eigenvalue weighted by Gasteiger charge is 2.30. The number of para-hydroxylation sites is 1. The lowest BCUT2D eigenvalue weighted by Crippen LogP contribution is -2.26. The van der Waals surface area contributed by atoms with Crippen LogP contribution in [0.5, 0.6) is 0 Å². The van der Waals surface area contributed by atoms with Crippen LogP contribution in [0.25, 0.3) is 0 Å². The molecule has 0 unspecified atom stereocenters. The normalized spacial score (nSPS) is 11.3. The summed E-state index contributed by atoms with van der Waals surface area (Å²) in [5, 5.41) is 17.0. The van der Waals surface area contributed by atoms with Gasteiger partial charge < -0.3 is 5.32 Å². The van der Waals surface area contributed by atoms with Gasteiger partial charge in [-0.25, -0.2) is 5.43 Å². The van der Waals surface area contributed by atoms with Crippen molar-refractivity contribution in [1.82, 2.24) is 5.43 Å². The van der Waals surface area contributed by atoms with Gasteiger partial charge in [0.2, 0.25) is 0 Å². The molecule has 0 radical (unpaired) electrons. The van der Waals surface area contributed by atoms with E-state index in [1.54, 1.807) is 6.07 Å². The van der Waals surface area contributed by atoms with Crippen LogP contribution in [0.4, 0.5) is 24.5 Å². The number of nitrogens with zero attached hydrogens (tertiary/aromatic N) is 2. The molecule has 2 aromatic rings. The molecule has 0 atom stereocenters. The molecular formula is C16H13F3N4O3. The first-order valence-electron chi connectivity index (χ1n) is 7.24. The third-order valence-electron chi connectivity index (χ3n) is 3.17. The summed E-state index contributed by atoms with van der Waals surface area (Å²) in [6, 6.07) is 10.2. The SMILES string of the molecule is O=C(CNc1cccc(C(F)(F)F)c1)NN=Cc1ccccc1[N+](=O)[O-]. The van der Waals surface area contributed by atoms with Crippen LogP contribution in [0.3, 0.4) is 0 Å². The van der Waals surface area contributed by atoms with Crippen LogP contribution in [0.1, 0.15) is 11.1 Å². The van der Waals surface area contributed by atoms with E-state index in [-0.39, 0.29) is 23.5 Å². The van der Waals surface area contributed by atoms with Gasteiger partial charge in [0.25, 0.3) is 11.6 Å². The van der Waals surface area contributed by atoms with E-state index in [9.17, 15) is 28.1 Å². The van der Waals surface area contributed by atoms with Crippen molar-refractivity contribution in [2.45, 2.75) is 6.18 Å². The number of carbonyl (C=O) groups excluding carboxylic acids is 1. The van der Waals surface area contributed by atoms with Gasteiger partial charge in [-0.1, -0.05) is 18.2 Å². The summed E-state index contributed by atoms with van der Waals surface area (Å²) in [7, 11) is 0. The summed E-state index contributed by atoms with van der Waals surface area (Å²) in [5.41, 5.74) is 1.45. The number of hydrogen-bond donors (Lipinski definition) is 2. The molecule has 0 heterocycles. The number of rotatable bonds is 6. The number of alkyl halides is 3. The molecule has 0 bridgehead atoms. The van der Waals surface area contributed by atoms with Crippen LogP contribution >= 0.6 is 0 Å². The zero-order valence-electron chi connectivity index (χ0n) is 13.2. The molecule has 26 heavy (non-hydrogen) atoms. The molecule has 0 aliphatic heterocycles. The summed E-state index contributed by atoms with van der Waals surface area (Å²) in [5.74, 6) is -0.628. The van der Waals surface area contributed by atoms with Gasteiger partial charge in [-0.15, -0.1) is 0 Å². The standard InChI is InChI=1S/C16H13F3N4O3/c17-16(18,19)12-5-3-6-13(8-12)20-10-15(24)22-21-9-11-4-1-2-7-14(11)23(25)26/h1-9,20H,10H2,(H,22,24). The molecule has 2 N–H and O–H groups in total. The zero-order chi connectivity index (χ0) is 19.2. The lowest BCUT2D eigenvalue weighted by molar-refractivity contribution is -0.385. The lowest BCUT2D eigenvalue weighted by atomic mass is 10.2. The second-order valence-electron chi connectivity index (χ2n) is 5.04. The summed E-state index contributed by atoms with van der Waals surface area (Å²) < 4.78 is 37.8. The molecule has 0 fully saturated rings. The predicted octanol–water partition coefficient (Wildman–Crippen LogP) is 3.18. The largest absolute Gasteiger partial charge is 0.416 e. The molecule has 1 amide bonds. The molecule has 2 aromatic carbocycles. The van der Waals surface area contributed by atoms with Crippen LogP contribution in [0.2, 0.25) is 0 Å². The molecule has 0 aliphatic carbocycles. The number of nitro benzene ring substituents is 1. The predicted molar refractivity (Wildman–Crippen MR) is 88.8 cm³/mol. The van der Waals surface area contributed by atoms with Crippen molar-refractivity contribution < 1.29 is 22.9 Å². The average molecular weight is 366 g/mol. The van der Waals surface area contributed by atoms with Gasteiger partial charge in [0.1, 0.15) is 0 Å². The van der Waals surface area contributed by atoms with Crippen LogP contribution in [0, 0.1) is 10.1 Å². The number of anilines is 1. The van der Waals surface area contributed by atoms with E-state index in [4.69, 9.17) is 0 Å². The maximum Gasteiger partial charge on any atom is 0.416 e. The average Bonchev–Trinajstić information content (AvgIpc) is 2.60. The maximum atomic E-state index is 12.6. The van der Waals surface area contributed by atoms with E-state index in [0.717, 1.165) is 18.3 Å². The summed E-state index contributed by atoms with van der Waals surface area (Å²) >= 11 is 0. The minimum atomic E-state index is -4.48. The zero-order valence-corrected chi connectivity index (χ0v) is 13.2. The van der Waals surface area contributed by atoms with Crippen molar-refractivity contribution in [1.29, 1.82) is 0 Å². The summed E-state index contributed by atoms with van der Waals surface area (Å²) in [6.45, 7) is -0.324. The number of hydrogen-bond acceptors (Lipinski definition) is 5. The number of halogens is 3. The minimum Gasteiger partial charge on any atom is -0.376 e. The van der Waals surface area contributed by atoms with Gasteiger partial charge in [0.05, 0.1) is 28.8 Å². The molecule has 0 aliphatic rings. The van der Waals surface area contributed by atoms with E-state index in [0.29, 0.717) is 0 Å². The highest BCUT2D eigenvalue weighted by atomic mass is 19.4. The molecular weight excluding hydrogens is 353 g/mol. The Kier molecular flexibility index (Phi) is 5.89. The Morgan fingerprint density at radius 2 is 1.92 bits per heavy atom. The first kappa shape index (κ1) is 18.9. The van der Waals surface area contributed by atoms with Crippen molar-refractivity contribution in [3.8, 4) is 0 Å². The summed E-state index contributed by atoms with van der Waals surface area (Å²) in [4.78, 5) is 21.9. The molecule has 10 heteroatoms. The van der Waals surface area contributed by atoms with Crippen LogP contribution in [-0.4, -0.2) is 23.6 Å². The highest BCUT2D eigenvalue weighted by molar-refractivity contribution is 5.87. The van der Waals surface area contributed by atoms with Crippen LogP contribution in [0.15, 0.2) is 53.6 Å². The number of nitrogens with one attached hydrogen (secondary N) is 2. The third-order valence-corrected chi connectivity index (χ3v) is 3.17. The van der Waals surface area contributed by atoms with Crippen LogP contribution in [-0.2, 0) is 11.0 Å². The highest BCUT2D eigenvalue weighted by Crippen LogP contribution is 2.30. The first-order chi connectivity index (χ1) is 12.3. The summed E-state index contributed by atoms with van der Waals surface area (Å²) in [6.07, 6.45) is -3.37. The maximum absolute atomic E-state index is 12.6. The lowest BCUT2D eigenvalue weighted by Gasteiger charge is -2.10. The molecule has 136 valence electrons. The van der Waals surface area contributed by atoms with E-state index < -0.39 is 22.6 Å². The molecule has 0 aromatic heterocycles. The Morgan fingerprint density at radius 1 is 1.19 bits per heavy atom. The quantitative estimate of drug-likeness (QED) is 0.466. The fourth-order valence-electron chi connectivity index (χ4n) is 1.96. The number of carbonyl (C=O) groups is 1. The van der Waals surface area contributed by atoms with Crippen molar-refractivity contribution in [2.24, 2.45) is 5.10 Å². The van der Waals surface area contributed by atoms with Gasteiger partial charge in [-0.05, 0) is 24.3 Å². The Balaban J connectivity index is 1.91. The number of nitro groups is 1. The topological polar surface area (TPSA) is 96.6 Å². The smallest absolute Gasteiger partial charge is 0.376 e. The fraction of sp³-hybridized carbons (Fsp3) is 0.125. The van der Waals surface area contributed by atoms with Crippen molar-refractivity contribution in [3.05, 3.63) is 69.8 Å². The first-order valence-corrected chi connectivity index (χ1v) is 7.24. The second kappa shape index (κ2) is 8.10. The number of amides is 1. The van der Waals surface area contributed by atoms with E-state index >= 15 is 0 Å². The van der Waals surface area contributed by atoms with Gasteiger partial charge in [-0.3, -0.25) is 14.9 Å².